The van der Waals surface area contributed by atoms with Crippen LogP contribution in [-0.2, 0) is 6.42 Å². The third-order valence-corrected chi connectivity index (χ3v) is 3.85. The second kappa shape index (κ2) is 5.33. The van der Waals surface area contributed by atoms with Crippen LogP contribution in [0, 0.1) is 0 Å². The molecule has 0 bridgehead atoms. The Morgan fingerprint density at radius 3 is 2.58 bits per heavy atom. The molecule has 4 heteroatoms. The Morgan fingerprint density at radius 2 is 1.95 bits per heavy atom. The van der Waals surface area contributed by atoms with E-state index >= 15 is 0 Å². The van der Waals surface area contributed by atoms with Crippen molar-refractivity contribution in [3.63, 3.8) is 0 Å². The molecule has 0 aliphatic heterocycles. The van der Waals surface area contributed by atoms with E-state index in [0.29, 0.717) is 11.2 Å². The molecule has 0 radical (unpaired) electrons. The lowest BCUT2D eigenvalue weighted by Crippen LogP contribution is -2.00. The Kier molecular flexibility index (Phi) is 3.56. The molecule has 100 valence electrons. The van der Waals surface area contributed by atoms with E-state index in [1.165, 1.54) is 31.2 Å². The van der Waals surface area contributed by atoms with E-state index in [9.17, 15) is 0 Å². The van der Waals surface area contributed by atoms with E-state index in [-0.39, 0.29) is 0 Å². The summed E-state index contributed by atoms with van der Waals surface area (Å²) in [5.41, 5.74) is 2.44. The van der Waals surface area contributed by atoms with Crippen molar-refractivity contribution in [1.29, 1.82) is 0 Å². The zero-order valence-electron chi connectivity index (χ0n) is 11.1. The highest BCUT2D eigenvalue weighted by molar-refractivity contribution is 6.28. The summed E-state index contributed by atoms with van der Waals surface area (Å²) in [7, 11) is 0. The fourth-order valence-corrected chi connectivity index (χ4v) is 2.54. The quantitative estimate of drug-likeness (QED) is 0.821. The monoisotopic (exact) mass is 275 g/mol. The van der Waals surface area contributed by atoms with Gasteiger partial charge in [0.25, 0.3) is 0 Å². The number of aromatic nitrogens is 3. The average Bonchev–Trinajstić information content (AvgIpc) is 3.21. The van der Waals surface area contributed by atoms with Gasteiger partial charge in [-0.25, -0.2) is 0 Å². The predicted octanol–water partition coefficient (Wildman–Crippen LogP) is 4.14. The number of benzene rings is 1. The van der Waals surface area contributed by atoms with E-state index in [1.807, 2.05) is 4.57 Å². The molecule has 0 atom stereocenters. The molecule has 1 fully saturated rings. The van der Waals surface area contributed by atoms with Crippen molar-refractivity contribution >= 4 is 11.6 Å². The summed E-state index contributed by atoms with van der Waals surface area (Å²) in [4.78, 5) is 0. The summed E-state index contributed by atoms with van der Waals surface area (Å²) in [5, 5.41) is 8.67. The first-order valence-corrected chi connectivity index (χ1v) is 7.37. The molecule has 0 N–H and O–H groups in total. The molecule has 3 nitrogen and oxygen atoms in total. The lowest BCUT2D eigenvalue weighted by Gasteiger charge is -2.08. The Morgan fingerprint density at radius 1 is 1.21 bits per heavy atom. The molecule has 19 heavy (non-hydrogen) atoms. The van der Waals surface area contributed by atoms with Crippen molar-refractivity contribution in [3.05, 3.63) is 40.9 Å². The van der Waals surface area contributed by atoms with Crippen LogP contribution >= 0.6 is 11.6 Å². The first kappa shape index (κ1) is 12.7. The molecule has 1 aromatic heterocycles. The van der Waals surface area contributed by atoms with Gasteiger partial charge in [-0.3, -0.25) is 4.57 Å². The highest BCUT2D eigenvalue weighted by atomic mass is 35.5. The van der Waals surface area contributed by atoms with Crippen LogP contribution in [0.15, 0.2) is 24.3 Å². The van der Waals surface area contributed by atoms with Crippen LogP contribution in [0.5, 0.6) is 0 Å². The Labute approximate surface area is 118 Å². The fraction of sp³-hybridized carbons (Fsp3) is 0.467. The van der Waals surface area contributed by atoms with Crippen LogP contribution in [0.25, 0.3) is 5.69 Å². The normalized spacial score (nSPS) is 14.8. The minimum atomic E-state index is 0.461. The zero-order chi connectivity index (χ0) is 13.2. The number of hydrogen-bond acceptors (Lipinski definition) is 2. The number of unbranched alkanes of at least 4 members (excludes halogenated alkanes) is 1. The molecular formula is C15H18ClN3. The molecule has 1 aliphatic rings. The van der Waals surface area contributed by atoms with Gasteiger partial charge in [0.15, 0.2) is 0 Å². The minimum Gasteiger partial charge on any atom is -0.270 e. The van der Waals surface area contributed by atoms with Gasteiger partial charge in [0.05, 0.1) is 0 Å². The topological polar surface area (TPSA) is 30.7 Å². The van der Waals surface area contributed by atoms with Crippen molar-refractivity contribution in [1.82, 2.24) is 14.8 Å². The predicted molar refractivity (Wildman–Crippen MR) is 77.0 cm³/mol. The molecule has 1 heterocycles. The number of aryl methyl sites for hydroxylation is 1. The first-order valence-electron chi connectivity index (χ1n) is 6.99. The zero-order valence-corrected chi connectivity index (χ0v) is 11.9. The second-order valence-corrected chi connectivity index (χ2v) is 5.54. The number of hydrogen-bond donors (Lipinski definition) is 0. The highest BCUT2D eigenvalue weighted by Gasteiger charge is 2.30. The number of nitrogens with zero attached hydrogens (tertiary/aromatic N) is 3. The third-order valence-electron chi connectivity index (χ3n) is 3.60. The maximum absolute atomic E-state index is 6.16. The van der Waals surface area contributed by atoms with E-state index in [2.05, 4.69) is 41.4 Å². The Hall–Kier alpha value is -1.35. The van der Waals surface area contributed by atoms with Gasteiger partial charge in [0.2, 0.25) is 5.28 Å². The largest absolute Gasteiger partial charge is 0.270 e. The van der Waals surface area contributed by atoms with Gasteiger partial charge < -0.3 is 0 Å². The van der Waals surface area contributed by atoms with Gasteiger partial charge in [-0.05, 0) is 55.0 Å². The van der Waals surface area contributed by atoms with Crippen molar-refractivity contribution in [2.75, 3.05) is 0 Å². The first-order chi connectivity index (χ1) is 9.29. The van der Waals surface area contributed by atoms with Crippen LogP contribution < -0.4 is 0 Å². The van der Waals surface area contributed by atoms with Gasteiger partial charge in [0, 0.05) is 11.6 Å². The second-order valence-electron chi connectivity index (χ2n) is 5.21. The molecule has 3 rings (SSSR count). The smallest absolute Gasteiger partial charge is 0.229 e. The molecule has 1 aliphatic carbocycles. The van der Waals surface area contributed by atoms with E-state index in [0.717, 1.165) is 17.9 Å². The van der Waals surface area contributed by atoms with Gasteiger partial charge in [0.1, 0.15) is 5.82 Å². The third kappa shape index (κ3) is 2.66. The highest BCUT2D eigenvalue weighted by Crippen LogP contribution is 2.40. The summed E-state index contributed by atoms with van der Waals surface area (Å²) >= 11 is 6.16. The average molecular weight is 276 g/mol. The summed E-state index contributed by atoms with van der Waals surface area (Å²) < 4.78 is 1.98. The molecule has 0 spiro atoms. The lowest BCUT2D eigenvalue weighted by atomic mass is 10.1. The van der Waals surface area contributed by atoms with Crippen molar-refractivity contribution < 1.29 is 0 Å². The molecule has 0 amide bonds. The van der Waals surface area contributed by atoms with Gasteiger partial charge in [-0.1, -0.05) is 25.5 Å². The minimum absolute atomic E-state index is 0.461. The van der Waals surface area contributed by atoms with Crippen LogP contribution in [-0.4, -0.2) is 14.8 Å². The summed E-state index contributed by atoms with van der Waals surface area (Å²) in [6.07, 6.45) is 6.00. The van der Waals surface area contributed by atoms with Crippen LogP contribution in [0.1, 0.15) is 49.9 Å². The SMILES string of the molecule is CCCCc1ccc(-n2c(Cl)nnc2C2CC2)cc1. The molecule has 1 saturated carbocycles. The Balaban J connectivity index is 1.87. The number of rotatable bonds is 5. The van der Waals surface area contributed by atoms with E-state index in [1.54, 1.807) is 0 Å². The summed E-state index contributed by atoms with van der Waals surface area (Å²) in [6.45, 7) is 2.22. The lowest BCUT2D eigenvalue weighted by molar-refractivity contribution is 0.794. The van der Waals surface area contributed by atoms with Crippen LogP contribution in [0.3, 0.4) is 0 Å². The molecule has 0 unspecified atom stereocenters. The van der Waals surface area contributed by atoms with Crippen molar-refractivity contribution in [3.8, 4) is 5.69 Å². The fourth-order valence-electron chi connectivity index (χ4n) is 2.31. The maximum Gasteiger partial charge on any atom is 0.229 e. The van der Waals surface area contributed by atoms with Crippen LogP contribution in [0.2, 0.25) is 5.28 Å². The molecule has 2 aromatic rings. The standard InChI is InChI=1S/C15H18ClN3/c1-2-3-4-11-5-9-13(10-6-11)19-14(12-7-8-12)17-18-15(19)16/h5-6,9-10,12H,2-4,7-8H2,1H3. The number of halogens is 1. The van der Waals surface area contributed by atoms with E-state index in [4.69, 9.17) is 11.6 Å². The summed E-state index contributed by atoms with van der Waals surface area (Å²) in [5.74, 6) is 1.55. The Bertz CT molecular complexity index is 555. The van der Waals surface area contributed by atoms with Gasteiger partial charge >= 0.3 is 0 Å². The van der Waals surface area contributed by atoms with Gasteiger partial charge in [-0.2, -0.15) is 0 Å². The van der Waals surface area contributed by atoms with Gasteiger partial charge in [-0.15, -0.1) is 10.2 Å². The molecular weight excluding hydrogens is 258 g/mol. The van der Waals surface area contributed by atoms with Crippen molar-refractivity contribution in [2.45, 2.75) is 44.9 Å². The van der Waals surface area contributed by atoms with E-state index < -0.39 is 0 Å². The molecule has 0 saturated heterocycles. The summed E-state index contributed by atoms with van der Waals surface area (Å²) in [6, 6.07) is 8.59. The maximum atomic E-state index is 6.16. The van der Waals surface area contributed by atoms with Crippen molar-refractivity contribution in [2.24, 2.45) is 0 Å². The van der Waals surface area contributed by atoms with Crippen LogP contribution in [0.4, 0.5) is 0 Å². The molecule has 1 aromatic carbocycles.